The molecule has 3 rings (SSSR count). The zero-order valence-corrected chi connectivity index (χ0v) is 11.8. The molecule has 3 nitrogen and oxygen atoms in total. The molecule has 0 saturated heterocycles. The fourth-order valence-corrected chi connectivity index (χ4v) is 3.22. The third-order valence-electron chi connectivity index (χ3n) is 4.38. The summed E-state index contributed by atoms with van der Waals surface area (Å²) in [7, 11) is 0. The van der Waals surface area contributed by atoms with E-state index in [9.17, 15) is 9.90 Å². The first kappa shape index (κ1) is 13.2. The van der Waals surface area contributed by atoms with Gasteiger partial charge in [0.15, 0.2) is 6.10 Å². The van der Waals surface area contributed by atoms with E-state index in [0.717, 1.165) is 36.8 Å². The van der Waals surface area contributed by atoms with Gasteiger partial charge in [-0.15, -0.1) is 0 Å². The van der Waals surface area contributed by atoms with E-state index in [2.05, 4.69) is 0 Å². The number of ether oxygens (including phenoxy) is 1. The van der Waals surface area contributed by atoms with Gasteiger partial charge < -0.3 is 9.84 Å². The minimum atomic E-state index is -0.431. The Bertz CT molecular complexity index is 536. The van der Waals surface area contributed by atoms with Crippen molar-refractivity contribution in [3.05, 3.63) is 41.2 Å². The monoisotopic (exact) mass is 272 g/mol. The van der Waals surface area contributed by atoms with E-state index in [1.54, 1.807) is 0 Å². The van der Waals surface area contributed by atoms with Crippen molar-refractivity contribution in [3.8, 4) is 0 Å². The first-order chi connectivity index (χ1) is 9.66. The Morgan fingerprint density at radius 3 is 2.40 bits per heavy atom. The smallest absolute Gasteiger partial charge is 0.343 e. The van der Waals surface area contributed by atoms with Gasteiger partial charge in [0.25, 0.3) is 0 Å². The van der Waals surface area contributed by atoms with Crippen molar-refractivity contribution in [2.45, 2.75) is 45.1 Å². The van der Waals surface area contributed by atoms with Crippen LogP contribution in [0.15, 0.2) is 30.0 Å². The van der Waals surface area contributed by atoms with Crippen molar-refractivity contribution in [1.82, 2.24) is 0 Å². The molecule has 0 bridgehead atoms. The lowest BCUT2D eigenvalue weighted by atomic mass is 9.84. The van der Waals surface area contributed by atoms with E-state index in [1.165, 1.54) is 6.42 Å². The number of carbonyl (C=O) groups is 1. The Labute approximate surface area is 119 Å². The van der Waals surface area contributed by atoms with E-state index in [1.807, 2.05) is 31.2 Å². The first-order valence-electron chi connectivity index (χ1n) is 7.38. The molecule has 1 N–H and O–H groups in total. The predicted octanol–water partition coefficient (Wildman–Crippen LogP) is 3.77. The highest BCUT2D eigenvalue weighted by Crippen LogP contribution is 2.38. The Balaban J connectivity index is 1.90. The van der Waals surface area contributed by atoms with Crippen molar-refractivity contribution in [2.75, 3.05) is 0 Å². The van der Waals surface area contributed by atoms with Gasteiger partial charge >= 0.3 is 5.97 Å². The van der Waals surface area contributed by atoms with Gasteiger partial charge in [-0.25, -0.2) is 4.79 Å². The number of carbonyl (C=O) groups excluding carboxylic acids is 1. The highest BCUT2D eigenvalue weighted by Gasteiger charge is 2.40. The predicted molar refractivity (Wildman–Crippen MR) is 77.2 cm³/mol. The standard InChI is InChI=1S/C17H20O3/c1-11-7-9-12(10-8-11)14-15(18)16(20-17(14)19)13-5-3-2-4-6-13/h7-10,13,16,18H,2-6H2,1H3. The summed E-state index contributed by atoms with van der Waals surface area (Å²) < 4.78 is 5.45. The second-order valence-corrected chi connectivity index (χ2v) is 5.85. The number of cyclic esters (lactones) is 1. The molecule has 0 amide bonds. The number of benzene rings is 1. The Hall–Kier alpha value is -1.77. The van der Waals surface area contributed by atoms with Crippen LogP contribution >= 0.6 is 0 Å². The topological polar surface area (TPSA) is 46.5 Å². The largest absolute Gasteiger partial charge is 0.507 e. The molecule has 0 spiro atoms. The molecule has 2 aliphatic rings. The molecule has 1 unspecified atom stereocenters. The SMILES string of the molecule is Cc1ccc(C2=C(O)C(C3CCCCC3)OC2=O)cc1. The summed E-state index contributed by atoms with van der Waals surface area (Å²) in [5.41, 5.74) is 2.22. The highest BCUT2D eigenvalue weighted by molar-refractivity contribution is 6.19. The number of aliphatic hydroxyl groups excluding tert-OH is 1. The summed E-state index contributed by atoms with van der Waals surface area (Å²) in [5, 5.41) is 10.4. The fourth-order valence-electron chi connectivity index (χ4n) is 3.22. The van der Waals surface area contributed by atoms with Crippen LogP contribution in [0.5, 0.6) is 0 Å². The molecule has 1 saturated carbocycles. The molecule has 1 atom stereocenters. The van der Waals surface area contributed by atoms with Crippen LogP contribution in [-0.4, -0.2) is 17.2 Å². The van der Waals surface area contributed by atoms with Crippen LogP contribution in [0.25, 0.3) is 5.57 Å². The van der Waals surface area contributed by atoms with Crippen molar-refractivity contribution in [3.63, 3.8) is 0 Å². The average Bonchev–Trinajstić information content (AvgIpc) is 2.76. The summed E-state index contributed by atoms with van der Waals surface area (Å²) in [6, 6.07) is 7.62. The zero-order valence-electron chi connectivity index (χ0n) is 11.8. The molecule has 1 aromatic rings. The van der Waals surface area contributed by atoms with E-state index in [4.69, 9.17) is 4.74 Å². The Morgan fingerprint density at radius 2 is 1.75 bits per heavy atom. The normalized spacial score (nSPS) is 24.1. The zero-order chi connectivity index (χ0) is 14.1. The molecular weight excluding hydrogens is 252 g/mol. The Kier molecular flexibility index (Phi) is 3.51. The lowest BCUT2D eigenvalue weighted by molar-refractivity contribution is -0.141. The molecule has 106 valence electrons. The number of rotatable bonds is 2. The minimum absolute atomic E-state index is 0.130. The number of aryl methyl sites for hydroxylation is 1. The maximum absolute atomic E-state index is 12.1. The van der Waals surface area contributed by atoms with Crippen molar-refractivity contribution in [2.24, 2.45) is 5.92 Å². The number of hydrogen-bond donors (Lipinski definition) is 1. The summed E-state index contributed by atoms with van der Waals surface area (Å²) in [4.78, 5) is 12.1. The van der Waals surface area contributed by atoms with Crippen molar-refractivity contribution in [1.29, 1.82) is 0 Å². The summed E-state index contributed by atoms with van der Waals surface area (Å²) in [6.45, 7) is 2.00. The summed E-state index contributed by atoms with van der Waals surface area (Å²) in [6.07, 6.45) is 5.19. The molecule has 1 aliphatic heterocycles. The van der Waals surface area contributed by atoms with Crippen LogP contribution in [0, 0.1) is 12.8 Å². The number of hydrogen-bond acceptors (Lipinski definition) is 3. The Morgan fingerprint density at radius 1 is 1.10 bits per heavy atom. The summed E-state index contributed by atoms with van der Waals surface area (Å²) in [5.74, 6) is 0.0170. The fraction of sp³-hybridized carbons (Fsp3) is 0.471. The van der Waals surface area contributed by atoms with Crippen molar-refractivity contribution < 1.29 is 14.6 Å². The first-order valence-corrected chi connectivity index (χ1v) is 7.38. The molecule has 1 heterocycles. The molecule has 0 aromatic heterocycles. The van der Waals surface area contributed by atoms with Crippen LogP contribution in [0.1, 0.15) is 43.2 Å². The van der Waals surface area contributed by atoms with Gasteiger partial charge in [0.05, 0.1) is 0 Å². The van der Waals surface area contributed by atoms with Gasteiger partial charge in [-0.05, 0) is 25.3 Å². The average molecular weight is 272 g/mol. The highest BCUT2D eigenvalue weighted by atomic mass is 16.6. The van der Waals surface area contributed by atoms with Gasteiger partial charge in [-0.2, -0.15) is 0 Å². The van der Waals surface area contributed by atoms with Gasteiger partial charge in [0.1, 0.15) is 11.3 Å². The maximum atomic E-state index is 12.1. The third-order valence-corrected chi connectivity index (χ3v) is 4.38. The molecule has 1 aromatic carbocycles. The van der Waals surface area contributed by atoms with Crippen LogP contribution < -0.4 is 0 Å². The van der Waals surface area contributed by atoms with Crippen molar-refractivity contribution >= 4 is 11.5 Å². The molecule has 3 heteroatoms. The lowest BCUT2D eigenvalue weighted by Gasteiger charge is -2.26. The second-order valence-electron chi connectivity index (χ2n) is 5.85. The molecule has 0 radical (unpaired) electrons. The maximum Gasteiger partial charge on any atom is 0.343 e. The molecule has 1 fully saturated rings. The molecule has 20 heavy (non-hydrogen) atoms. The molecule has 1 aliphatic carbocycles. The van der Waals surface area contributed by atoms with Gasteiger partial charge in [0, 0.05) is 5.92 Å². The summed E-state index contributed by atoms with van der Waals surface area (Å²) >= 11 is 0. The van der Waals surface area contributed by atoms with E-state index >= 15 is 0 Å². The van der Waals surface area contributed by atoms with Crippen LogP contribution in [0.4, 0.5) is 0 Å². The van der Waals surface area contributed by atoms with E-state index in [-0.39, 0.29) is 17.6 Å². The lowest BCUT2D eigenvalue weighted by Crippen LogP contribution is -2.25. The quantitative estimate of drug-likeness (QED) is 0.834. The number of esters is 1. The second kappa shape index (κ2) is 5.31. The minimum Gasteiger partial charge on any atom is -0.507 e. The molecular formula is C17H20O3. The van der Waals surface area contributed by atoms with E-state index in [0.29, 0.717) is 5.57 Å². The van der Waals surface area contributed by atoms with Gasteiger partial charge in [-0.1, -0.05) is 49.1 Å². The van der Waals surface area contributed by atoms with Gasteiger partial charge in [-0.3, -0.25) is 0 Å². The number of aliphatic hydroxyl groups is 1. The third kappa shape index (κ3) is 2.33. The van der Waals surface area contributed by atoms with E-state index < -0.39 is 6.10 Å². The van der Waals surface area contributed by atoms with Crippen LogP contribution in [0.3, 0.4) is 0 Å². The van der Waals surface area contributed by atoms with Crippen LogP contribution in [0.2, 0.25) is 0 Å². The van der Waals surface area contributed by atoms with Crippen LogP contribution in [-0.2, 0) is 9.53 Å². The van der Waals surface area contributed by atoms with Gasteiger partial charge in [0.2, 0.25) is 0 Å².